The van der Waals surface area contributed by atoms with Crippen molar-refractivity contribution in [3.63, 3.8) is 0 Å². The van der Waals surface area contributed by atoms with Gasteiger partial charge in [-0.15, -0.1) is 0 Å². The van der Waals surface area contributed by atoms with E-state index in [1.54, 1.807) is 0 Å². The second kappa shape index (κ2) is 5.41. The molecule has 0 aromatic carbocycles. The number of ether oxygens (including phenoxy) is 1. The summed E-state index contributed by atoms with van der Waals surface area (Å²) in [5, 5.41) is 0. The van der Waals surface area contributed by atoms with E-state index in [0.717, 1.165) is 5.57 Å². The molecule has 3 nitrogen and oxygen atoms in total. The van der Waals surface area contributed by atoms with Crippen LogP contribution in [0.5, 0.6) is 0 Å². The van der Waals surface area contributed by atoms with Crippen LogP contribution in [0.1, 0.15) is 13.8 Å². The smallest absolute Gasteiger partial charge is 0.0690 e. The van der Waals surface area contributed by atoms with Crippen molar-refractivity contribution in [1.82, 2.24) is 5.43 Å². The summed E-state index contributed by atoms with van der Waals surface area (Å²) in [6.07, 6.45) is 0.259. The third-order valence-corrected chi connectivity index (χ3v) is 0.973. The Bertz CT molecular complexity index is 102. The van der Waals surface area contributed by atoms with E-state index in [9.17, 15) is 0 Å². The van der Waals surface area contributed by atoms with E-state index < -0.39 is 0 Å². The first-order chi connectivity index (χ1) is 4.66. The molecule has 3 heteroatoms. The molecule has 0 fully saturated rings. The van der Waals surface area contributed by atoms with E-state index in [1.807, 2.05) is 13.8 Å². The number of hydrogen-bond acceptors (Lipinski definition) is 3. The van der Waals surface area contributed by atoms with Gasteiger partial charge in [-0.25, -0.2) is 0 Å². The molecule has 0 amide bonds. The summed E-state index contributed by atoms with van der Waals surface area (Å²) in [6, 6.07) is 0. The third-order valence-electron chi connectivity index (χ3n) is 0.973. The molecule has 0 rings (SSSR count). The van der Waals surface area contributed by atoms with E-state index in [1.165, 1.54) is 0 Å². The highest BCUT2D eigenvalue weighted by Gasteiger charge is 1.95. The molecule has 0 aromatic rings. The highest BCUT2D eigenvalue weighted by Crippen LogP contribution is 1.93. The minimum Gasteiger partial charge on any atom is -0.374 e. The van der Waals surface area contributed by atoms with Crippen LogP contribution < -0.4 is 11.3 Å². The van der Waals surface area contributed by atoms with Crippen molar-refractivity contribution in [3.05, 3.63) is 12.2 Å². The maximum Gasteiger partial charge on any atom is 0.0690 e. The Morgan fingerprint density at radius 1 is 1.70 bits per heavy atom. The molecule has 10 heavy (non-hydrogen) atoms. The highest BCUT2D eigenvalue weighted by molar-refractivity contribution is 4.95. The Morgan fingerprint density at radius 2 is 2.30 bits per heavy atom. The summed E-state index contributed by atoms with van der Waals surface area (Å²) >= 11 is 0. The summed E-state index contributed by atoms with van der Waals surface area (Å²) in [7, 11) is 0. The number of nitrogens with two attached hydrogens (primary N) is 1. The fraction of sp³-hybridized carbons (Fsp3) is 0.714. The van der Waals surface area contributed by atoms with Crippen LogP contribution in [0.3, 0.4) is 0 Å². The predicted molar refractivity (Wildman–Crippen MR) is 42.4 cm³/mol. The second-order valence-electron chi connectivity index (χ2n) is 2.49. The molecule has 0 bridgehead atoms. The number of nitrogens with one attached hydrogen (secondary N) is 1. The van der Waals surface area contributed by atoms with Gasteiger partial charge in [0.15, 0.2) is 0 Å². The van der Waals surface area contributed by atoms with Crippen LogP contribution in [0.15, 0.2) is 12.2 Å². The minimum absolute atomic E-state index is 0.259. The van der Waals surface area contributed by atoms with Gasteiger partial charge in [-0.3, -0.25) is 11.3 Å². The fourth-order valence-corrected chi connectivity index (χ4v) is 0.480. The molecule has 0 unspecified atom stereocenters. The summed E-state index contributed by atoms with van der Waals surface area (Å²) < 4.78 is 5.26. The van der Waals surface area contributed by atoms with Gasteiger partial charge in [0, 0.05) is 6.54 Å². The quantitative estimate of drug-likeness (QED) is 0.334. The van der Waals surface area contributed by atoms with Crippen molar-refractivity contribution in [3.8, 4) is 0 Å². The summed E-state index contributed by atoms with van der Waals surface area (Å²) in [6.45, 7) is 8.93. The third kappa shape index (κ3) is 5.75. The van der Waals surface area contributed by atoms with Crippen LogP contribution in [0, 0.1) is 0 Å². The van der Waals surface area contributed by atoms with Crippen molar-refractivity contribution in [2.75, 3.05) is 13.2 Å². The van der Waals surface area contributed by atoms with Crippen molar-refractivity contribution in [2.24, 2.45) is 5.84 Å². The first-order valence-electron chi connectivity index (χ1n) is 3.38. The van der Waals surface area contributed by atoms with Crippen molar-refractivity contribution >= 4 is 0 Å². The lowest BCUT2D eigenvalue weighted by Crippen LogP contribution is -2.25. The summed E-state index contributed by atoms with van der Waals surface area (Å²) in [5.74, 6) is 5.07. The van der Waals surface area contributed by atoms with Crippen LogP contribution in [-0.4, -0.2) is 19.3 Å². The van der Waals surface area contributed by atoms with Gasteiger partial charge in [0.1, 0.15) is 0 Å². The first kappa shape index (κ1) is 9.62. The molecule has 60 valence electrons. The molecule has 0 spiro atoms. The molecule has 3 N–H and O–H groups in total. The molecule has 0 saturated carbocycles. The van der Waals surface area contributed by atoms with Gasteiger partial charge in [0.2, 0.25) is 0 Å². The Hall–Kier alpha value is -0.380. The maximum atomic E-state index is 5.26. The molecule has 0 aromatic heterocycles. The van der Waals surface area contributed by atoms with E-state index in [0.29, 0.717) is 13.2 Å². The van der Waals surface area contributed by atoms with Crippen molar-refractivity contribution in [1.29, 1.82) is 0 Å². The Balaban J connectivity index is 3.22. The van der Waals surface area contributed by atoms with E-state index in [4.69, 9.17) is 10.6 Å². The Labute approximate surface area is 62.2 Å². The monoisotopic (exact) mass is 144 g/mol. The zero-order chi connectivity index (χ0) is 7.98. The van der Waals surface area contributed by atoms with Crippen LogP contribution >= 0.6 is 0 Å². The highest BCUT2D eigenvalue weighted by atomic mass is 16.5. The SMILES string of the molecule is C=C(CNN)COC(C)C. The normalized spacial score (nSPS) is 10.4. The zero-order valence-electron chi connectivity index (χ0n) is 6.68. The van der Waals surface area contributed by atoms with E-state index in [-0.39, 0.29) is 6.10 Å². The average Bonchev–Trinajstić information content (AvgIpc) is 1.85. The standard InChI is InChI=1S/C7H16N2O/c1-6(2)10-5-7(3)4-9-8/h6,9H,3-5,8H2,1-2H3. The van der Waals surface area contributed by atoms with Gasteiger partial charge < -0.3 is 4.74 Å². The van der Waals surface area contributed by atoms with Crippen LogP contribution in [0.4, 0.5) is 0 Å². The minimum atomic E-state index is 0.259. The summed E-state index contributed by atoms with van der Waals surface area (Å²) in [5.41, 5.74) is 3.48. The molecular formula is C7H16N2O. The maximum absolute atomic E-state index is 5.26. The molecule has 0 aliphatic rings. The number of hydrogen-bond donors (Lipinski definition) is 2. The summed E-state index contributed by atoms with van der Waals surface area (Å²) in [4.78, 5) is 0. The Kier molecular flexibility index (Phi) is 5.20. The molecule has 0 saturated heterocycles. The number of rotatable bonds is 5. The fourth-order valence-electron chi connectivity index (χ4n) is 0.480. The van der Waals surface area contributed by atoms with Gasteiger partial charge in [-0.1, -0.05) is 6.58 Å². The molecule has 0 radical (unpaired) electrons. The van der Waals surface area contributed by atoms with Crippen LogP contribution in [0.25, 0.3) is 0 Å². The molecule has 0 atom stereocenters. The lowest BCUT2D eigenvalue weighted by atomic mass is 10.3. The van der Waals surface area contributed by atoms with Gasteiger partial charge in [0.25, 0.3) is 0 Å². The molecule has 0 heterocycles. The second-order valence-corrected chi connectivity index (χ2v) is 2.49. The number of hydrazine groups is 1. The van der Waals surface area contributed by atoms with Crippen LogP contribution in [-0.2, 0) is 4.74 Å². The molecular weight excluding hydrogens is 128 g/mol. The first-order valence-corrected chi connectivity index (χ1v) is 3.38. The van der Waals surface area contributed by atoms with Gasteiger partial charge in [0.05, 0.1) is 12.7 Å². The van der Waals surface area contributed by atoms with Gasteiger partial charge in [-0.05, 0) is 19.4 Å². The topological polar surface area (TPSA) is 47.3 Å². The lowest BCUT2D eigenvalue weighted by molar-refractivity contribution is 0.0964. The molecule has 0 aliphatic heterocycles. The van der Waals surface area contributed by atoms with Crippen molar-refractivity contribution in [2.45, 2.75) is 20.0 Å². The van der Waals surface area contributed by atoms with Crippen LogP contribution in [0.2, 0.25) is 0 Å². The van der Waals surface area contributed by atoms with Gasteiger partial charge >= 0.3 is 0 Å². The lowest BCUT2D eigenvalue weighted by Gasteiger charge is -2.08. The average molecular weight is 144 g/mol. The van der Waals surface area contributed by atoms with E-state index >= 15 is 0 Å². The van der Waals surface area contributed by atoms with Crippen molar-refractivity contribution < 1.29 is 4.74 Å². The zero-order valence-corrected chi connectivity index (χ0v) is 6.68. The van der Waals surface area contributed by atoms with Gasteiger partial charge in [-0.2, -0.15) is 0 Å². The Morgan fingerprint density at radius 3 is 2.70 bits per heavy atom. The van der Waals surface area contributed by atoms with E-state index in [2.05, 4.69) is 12.0 Å². The largest absolute Gasteiger partial charge is 0.374 e. The molecule has 0 aliphatic carbocycles. The predicted octanol–water partition coefficient (Wildman–Crippen LogP) is 0.431.